The number of benzene rings is 1. The first-order chi connectivity index (χ1) is 10.4. The molecule has 0 bridgehead atoms. The Bertz CT molecular complexity index is 729. The molecule has 1 aromatic carbocycles. The number of rotatable bonds is 3. The lowest BCUT2D eigenvalue weighted by molar-refractivity contribution is 0.319. The van der Waals surface area contributed by atoms with Crippen LogP contribution in [0.25, 0.3) is 11.4 Å². The van der Waals surface area contributed by atoms with Gasteiger partial charge in [0.1, 0.15) is 5.82 Å². The van der Waals surface area contributed by atoms with Crippen molar-refractivity contribution in [2.24, 2.45) is 0 Å². The average Bonchev–Trinajstić information content (AvgIpc) is 3.17. The molecule has 0 N–H and O–H groups in total. The molecule has 0 spiro atoms. The Morgan fingerprint density at radius 2 is 2.10 bits per heavy atom. The normalized spacial score (nSPS) is 17.6. The molecule has 106 valence electrons. The van der Waals surface area contributed by atoms with Crippen LogP contribution in [0.2, 0.25) is 0 Å². The molecule has 6 heteroatoms. The van der Waals surface area contributed by atoms with Crippen molar-refractivity contribution in [3.8, 4) is 11.4 Å². The second-order valence-electron chi connectivity index (χ2n) is 5.33. The standard InChI is InChI=1S/C15H16N6/c1-2-5-12(6-3-1)15-17-19-21(18-15)11-13-7-4-8-14-16-9-10-20(13)14/h1-3,5-6,9-10,13H,4,7-8,11H2. The van der Waals surface area contributed by atoms with Crippen LogP contribution in [-0.4, -0.2) is 29.8 Å². The fourth-order valence-electron chi connectivity index (χ4n) is 2.90. The predicted octanol–water partition coefficient (Wildman–Crippen LogP) is 2.11. The summed E-state index contributed by atoms with van der Waals surface area (Å²) in [4.78, 5) is 6.10. The van der Waals surface area contributed by atoms with Gasteiger partial charge in [0.05, 0.1) is 12.6 Å². The Hall–Kier alpha value is -2.50. The van der Waals surface area contributed by atoms with Crippen LogP contribution in [0.4, 0.5) is 0 Å². The number of fused-ring (bicyclic) bond motifs is 1. The third-order valence-corrected chi connectivity index (χ3v) is 3.94. The molecule has 1 aliphatic heterocycles. The molecule has 1 atom stereocenters. The average molecular weight is 280 g/mol. The molecule has 0 aliphatic carbocycles. The van der Waals surface area contributed by atoms with Gasteiger partial charge >= 0.3 is 0 Å². The van der Waals surface area contributed by atoms with Crippen molar-refractivity contribution >= 4 is 0 Å². The van der Waals surface area contributed by atoms with Gasteiger partial charge in [0, 0.05) is 24.4 Å². The van der Waals surface area contributed by atoms with Gasteiger partial charge in [-0.2, -0.15) is 4.80 Å². The molecule has 0 radical (unpaired) electrons. The van der Waals surface area contributed by atoms with E-state index in [9.17, 15) is 0 Å². The quantitative estimate of drug-likeness (QED) is 0.737. The summed E-state index contributed by atoms with van der Waals surface area (Å²) in [5.41, 5.74) is 0.996. The summed E-state index contributed by atoms with van der Waals surface area (Å²) in [6.07, 6.45) is 7.28. The largest absolute Gasteiger partial charge is 0.330 e. The number of imidazole rings is 1. The van der Waals surface area contributed by atoms with Crippen LogP contribution in [0.3, 0.4) is 0 Å². The fraction of sp³-hybridized carbons (Fsp3) is 0.333. The van der Waals surface area contributed by atoms with E-state index in [2.05, 4.69) is 25.0 Å². The Labute approximate surface area is 122 Å². The maximum Gasteiger partial charge on any atom is 0.204 e. The molecular formula is C15H16N6. The number of hydrogen-bond donors (Lipinski definition) is 0. The summed E-state index contributed by atoms with van der Waals surface area (Å²) in [7, 11) is 0. The Morgan fingerprint density at radius 1 is 1.19 bits per heavy atom. The van der Waals surface area contributed by atoms with Crippen LogP contribution >= 0.6 is 0 Å². The van der Waals surface area contributed by atoms with Crippen molar-refractivity contribution in [1.29, 1.82) is 0 Å². The van der Waals surface area contributed by atoms with Gasteiger partial charge in [0.2, 0.25) is 5.82 Å². The van der Waals surface area contributed by atoms with Gasteiger partial charge in [0.25, 0.3) is 0 Å². The number of tetrazole rings is 1. The van der Waals surface area contributed by atoms with E-state index >= 15 is 0 Å². The first kappa shape index (κ1) is 12.3. The van der Waals surface area contributed by atoms with Gasteiger partial charge in [-0.05, 0) is 18.1 Å². The highest BCUT2D eigenvalue weighted by molar-refractivity contribution is 5.52. The molecule has 3 aromatic rings. The van der Waals surface area contributed by atoms with E-state index in [1.165, 1.54) is 6.42 Å². The van der Waals surface area contributed by atoms with Gasteiger partial charge in [0.15, 0.2) is 0 Å². The van der Waals surface area contributed by atoms with Crippen LogP contribution in [0, 0.1) is 0 Å². The van der Waals surface area contributed by atoms with Crippen molar-refractivity contribution in [2.75, 3.05) is 0 Å². The number of aromatic nitrogens is 6. The van der Waals surface area contributed by atoms with Crippen molar-refractivity contribution in [2.45, 2.75) is 31.8 Å². The summed E-state index contributed by atoms with van der Waals surface area (Å²) in [5, 5.41) is 12.8. The van der Waals surface area contributed by atoms with Crippen molar-refractivity contribution in [3.05, 3.63) is 48.5 Å². The summed E-state index contributed by atoms with van der Waals surface area (Å²) in [6.45, 7) is 0.739. The molecular weight excluding hydrogens is 264 g/mol. The van der Waals surface area contributed by atoms with Crippen LogP contribution in [0.1, 0.15) is 24.7 Å². The molecule has 4 rings (SSSR count). The second-order valence-corrected chi connectivity index (χ2v) is 5.33. The maximum absolute atomic E-state index is 4.49. The van der Waals surface area contributed by atoms with Crippen LogP contribution < -0.4 is 0 Å². The second kappa shape index (κ2) is 5.12. The van der Waals surface area contributed by atoms with Crippen LogP contribution in [-0.2, 0) is 13.0 Å². The van der Waals surface area contributed by atoms with Gasteiger partial charge in [-0.25, -0.2) is 4.98 Å². The Balaban J connectivity index is 1.56. The Morgan fingerprint density at radius 3 is 3.00 bits per heavy atom. The monoisotopic (exact) mass is 280 g/mol. The van der Waals surface area contributed by atoms with Gasteiger partial charge < -0.3 is 4.57 Å². The van der Waals surface area contributed by atoms with E-state index in [4.69, 9.17) is 0 Å². The number of nitrogens with zero attached hydrogens (tertiary/aromatic N) is 6. The first-order valence-corrected chi connectivity index (χ1v) is 7.25. The molecule has 3 heterocycles. The molecule has 0 fully saturated rings. The van der Waals surface area contributed by atoms with Crippen LogP contribution in [0.5, 0.6) is 0 Å². The van der Waals surface area contributed by atoms with Gasteiger partial charge in [-0.3, -0.25) is 0 Å². The summed E-state index contributed by atoms with van der Waals surface area (Å²) >= 11 is 0. The van der Waals surface area contributed by atoms with Crippen molar-refractivity contribution < 1.29 is 0 Å². The lowest BCUT2D eigenvalue weighted by atomic mass is 10.1. The van der Waals surface area contributed by atoms with Gasteiger partial charge in [-0.1, -0.05) is 30.3 Å². The third kappa shape index (κ3) is 2.33. The summed E-state index contributed by atoms with van der Waals surface area (Å²) < 4.78 is 2.25. The zero-order valence-corrected chi connectivity index (χ0v) is 11.6. The minimum atomic E-state index is 0.370. The van der Waals surface area contributed by atoms with Crippen LogP contribution in [0.15, 0.2) is 42.7 Å². The minimum absolute atomic E-state index is 0.370. The summed E-state index contributed by atoms with van der Waals surface area (Å²) in [6, 6.07) is 10.3. The molecule has 6 nitrogen and oxygen atoms in total. The minimum Gasteiger partial charge on any atom is -0.330 e. The lowest BCUT2D eigenvalue weighted by Crippen LogP contribution is -2.23. The third-order valence-electron chi connectivity index (χ3n) is 3.94. The lowest BCUT2D eigenvalue weighted by Gasteiger charge is -2.24. The first-order valence-electron chi connectivity index (χ1n) is 7.25. The van der Waals surface area contributed by atoms with E-state index in [1.54, 1.807) is 4.80 Å². The zero-order chi connectivity index (χ0) is 14.1. The number of aryl methyl sites for hydroxylation is 1. The highest BCUT2D eigenvalue weighted by Gasteiger charge is 2.21. The molecule has 0 amide bonds. The van der Waals surface area contributed by atoms with Gasteiger partial charge in [-0.15, -0.1) is 10.2 Å². The molecule has 1 unspecified atom stereocenters. The van der Waals surface area contributed by atoms with Crippen molar-refractivity contribution in [1.82, 2.24) is 29.8 Å². The molecule has 0 saturated carbocycles. The van der Waals surface area contributed by atoms with E-state index in [0.717, 1.165) is 30.8 Å². The highest BCUT2D eigenvalue weighted by atomic mass is 15.6. The Kier molecular flexibility index (Phi) is 2.99. The molecule has 1 aliphatic rings. The summed E-state index contributed by atoms with van der Waals surface area (Å²) in [5.74, 6) is 1.84. The topological polar surface area (TPSA) is 61.4 Å². The smallest absolute Gasteiger partial charge is 0.204 e. The zero-order valence-electron chi connectivity index (χ0n) is 11.6. The van der Waals surface area contributed by atoms with E-state index in [1.807, 2.05) is 42.7 Å². The van der Waals surface area contributed by atoms with E-state index < -0.39 is 0 Å². The van der Waals surface area contributed by atoms with Crippen molar-refractivity contribution in [3.63, 3.8) is 0 Å². The maximum atomic E-state index is 4.49. The fourth-order valence-corrected chi connectivity index (χ4v) is 2.90. The predicted molar refractivity (Wildman–Crippen MR) is 77.5 cm³/mol. The van der Waals surface area contributed by atoms with E-state index in [0.29, 0.717) is 11.9 Å². The molecule has 21 heavy (non-hydrogen) atoms. The van der Waals surface area contributed by atoms with E-state index in [-0.39, 0.29) is 0 Å². The molecule has 2 aromatic heterocycles. The highest BCUT2D eigenvalue weighted by Crippen LogP contribution is 2.24. The molecule has 0 saturated heterocycles. The number of hydrogen-bond acceptors (Lipinski definition) is 4. The SMILES string of the molecule is c1ccc(-c2nnn(CC3CCCc4nccn43)n2)cc1.